The summed E-state index contributed by atoms with van der Waals surface area (Å²) in [7, 11) is 1.69. The number of aromatic nitrogens is 4. The largest absolute Gasteiger partial charge is 0.383 e. The van der Waals surface area contributed by atoms with Crippen molar-refractivity contribution in [2.45, 2.75) is 26.3 Å². The van der Waals surface area contributed by atoms with E-state index >= 15 is 0 Å². The van der Waals surface area contributed by atoms with Gasteiger partial charge in [-0.3, -0.25) is 0 Å². The summed E-state index contributed by atoms with van der Waals surface area (Å²) < 4.78 is 6.75. The zero-order chi connectivity index (χ0) is 13.7. The molecule has 0 saturated heterocycles. The molecule has 1 N–H and O–H groups in total. The molecule has 7 heteroatoms. The number of hydrogen-bond donors (Lipinski definition) is 1. The maximum absolute atomic E-state index is 4.97. The standard InChI is InChI=1S/C12H19N5OS/c1-9(2)10-4-6-17(16-10)12-15-14-11(19-12)8-13-5-7-18-3/h4,6,9,13H,5,7-8H2,1-3H3. The molecule has 0 aliphatic heterocycles. The first-order chi connectivity index (χ1) is 9.20. The first kappa shape index (κ1) is 14.1. The van der Waals surface area contributed by atoms with Gasteiger partial charge >= 0.3 is 0 Å². The van der Waals surface area contributed by atoms with Crippen molar-refractivity contribution in [2.75, 3.05) is 20.3 Å². The minimum absolute atomic E-state index is 0.421. The molecule has 6 nitrogen and oxygen atoms in total. The summed E-state index contributed by atoms with van der Waals surface area (Å²) in [6, 6.07) is 2.02. The van der Waals surface area contributed by atoms with E-state index in [-0.39, 0.29) is 0 Å². The van der Waals surface area contributed by atoms with Crippen LogP contribution in [0.25, 0.3) is 5.13 Å². The average molecular weight is 281 g/mol. The van der Waals surface area contributed by atoms with Gasteiger partial charge in [-0.05, 0) is 12.0 Å². The van der Waals surface area contributed by atoms with E-state index in [1.165, 1.54) is 0 Å². The molecule has 2 rings (SSSR count). The van der Waals surface area contributed by atoms with Crippen LogP contribution in [0, 0.1) is 0 Å². The van der Waals surface area contributed by atoms with Gasteiger partial charge in [-0.25, -0.2) is 4.68 Å². The van der Waals surface area contributed by atoms with Crippen LogP contribution in [-0.2, 0) is 11.3 Å². The fourth-order valence-corrected chi connectivity index (χ4v) is 2.27. The number of ether oxygens (including phenoxy) is 1. The lowest BCUT2D eigenvalue weighted by atomic mass is 10.1. The molecule has 104 valence electrons. The highest BCUT2D eigenvalue weighted by Gasteiger charge is 2.09. The van der Waals surface area contributed by atoms with Gasteiger partial charge in [0.1, 0.15) is 5.01 Å². The molecule has 0 saturated carbocycles. The van der Waals surface area contributed by atoms with Gasteiger partial charge in [0.2, 0.25) is 5.13 Å². The molecule has 0 aromatic carbocycles. The molecule has 0 unspecified atom stereocenters. The lowest BCUT2D eigenvalue weighted by Crippen LogP contribution is -2.18. The minimum Gasteiger partial charge on any atom is -0.383 e. The second kappa shape index (κ2) is 6.74. The van der Waals surface area contributed by atoms with Crippen LogP contribution in [0.1, 0.15) is 30.5 Å². The predicted octanol–water partition coefficient (Wildman–Crippen LogP) is 1.58. The molecule has 0 aliphatic carbocycles. The van der Waals surface area contributed by atoms with Crippen LogP contribution in [0.3, 0.4) is 0 Å². The summed E-state index contributed by atoms with van der Waals surface area (Å²) >= 11 is 1.54. The monoisotopic (exact) mass is 281 g/mol. The minimum atomic E-state index is 0.421. The Morgan fingerprint density at radius 1 is 1.42 bits per heavy atom. The lowest BCUT2D eigenvalue weighted by Gasteiger charge is -1.99. The molecule has 2 aromatic rings. The Kier molecular flexibility index (Phi) is 5.00. The highest BCUT2D eigenvalue weighted by atomic mass is 32.1. The van der Waals surface area contributed by atoms with Crippen LogP contribution >= 0.6 is 11.3 Å². The SMILES string of the molecule is COCCNCc1nnc(-n2ccc(C(C)C)n2)s1. The van der Waals surface area contributed by atoms with Gasteiger partial charge in [0.25, 0.3) is 0 Å². The average Bonchev–Trinajstić information content (AvgIpc) is 3.03. The molecule has 0 amide bonds. The van der Waals surface area contributed by atoms with E-state index in [0.717, 1.165) is 22.4 Å². The van der Waals surface area contributed by atoms with E-state index < -0.39 is 0 Å². The maximum atomic E-state index is 4.97. The summed E-state index contributed by atoms with van der Waals surface area (Å²) in [6.45, 7) is 6.46. The Bertz CT molecular complexity index is 508. The zero-order valence-corrected chi connectivity index (χ0v) is 12.3. The Morgan fingerprint density at radius 3 is 2.95 bits per heavy atom. The van der Waals surface area contributed by atoms with Crippen molar-refractivity contribution in [3.63, 3.8) is 0 Å². The summed E-state index contributed by atoms with van der Waals surface area (Å²) in [5, 5.41) is 17.8. The third-order valence-corrected chi connectivity index (χ3v) is 3.53. The van der Waals surface area contributed by atoms with Crippen molar-refractivity contribution in [2.24, 2.45) is 0 Å². The van der Waals surface area contributed by atoms with E-state index in [1.54, 1.807) is 23.1 Å². The van der Waals surface area contributed by atoms with Crippen LogP contribution in [0.4, 0.5) is 0 Å². The third-order valence-electron chi connectivity index (χ3n) is 2.61. The van der Waals surface area contributed by atoms with Crippen molar-refractivity contribution in [1.29, 1.82) is 0 Å². The maximum Gasteiger partial charge on any atom is 0.232 e. The van der Waals surface area contributed by atoms with Crippen molar-refractivity contribution in [1.82, 2.24) is 25.3 Å². The first-order valence-electron chi connectivity index (χ1n) is 6.28. The topological polar surface area (TPSA) is 64.9 Å². The van der Waals surface area contributed by atoms with Gasteiger partial charge in [0.05, 0.1) is 12.3 Å². The molecule has 19 heavy (non-hydrogen) atoms. The van der Waals surface area contributed by atoms with Crippen LogP contribution in [0.2, 0.25) is 0 Å². The highest BCUT2D eigenvalue weighted by molar-refractivity contribution is 7.13. The summed E-state index contributed by atoms with van der Waals surface area (Å²) in [4.78, 5) is 0. The van der Waals surface area contributed by atoms with E-state index in [9.17, 15) is 0 Å². The van der Waals surface area contributed by atoms with Crippen LogP contribution in [-0.4, -0.2) is 40.2 Å². The highest BCUT2D eigenvalue weighted by Crippen LogP contribution is 2.17. The van der Waals surface area contributed by atoms with Crippen molar-refractivity contribution >= 4 is 11.3 Å². The summed E-state index contributed by atoms with van der Waals surface area (Å²) in [6.07, 6.45) is 1.93. The smallest absolute Gasteiger partial charge is 0.232 e. The molecule has 0 bridgehead atoms. The Hall–Kier alpha value is -1.31. The fraction of sp³-hybridized carbons (Fsp3) is 0.583. The van der Waals surface area contributed by atoms with Crippen molar-refractivity contribution < 1.29 is 4.74 Å². The van der Waals surface area contributed by atoms with E-state index in [2.05, 4.69) is 34.5 Å². The van der Waals surface area contributed by atoms with Gasteiger partial charge in [-0.2, -0.15) is 5.10 Å². The van der Waals surface area contributed by atoms with Gasteiger partial charge < -0.3 is 10.1 Å². The molecule has 0 spiro atoms. The molecular formula is C12H19N5OS. The number of hydrogen-bond acceptors (Lipinski definition) is 6. The van der Waals surface area contributed by atoms with Gasteiger partial charge in [-0.15, -0.1) is 10.2 Å². The van der Waals surface area contributed by atoms with Gasteiger partial charge in [0.15, 0.2) is 0 Å². The van der Waals surface area contributed by atoms with Crippen LogP contribution < -0.4 is 5.32 Å². The number of rotatable bonds is 7. The second-order valence-corrected chi connectivity index (χ2v) is 5.53. The zero-order valence-electron chi connectivity index (χ0n) is 11.5. The molecule has 2 aromatic heterocycles. The Labute approximate surface area is 116 Å². The van der Waals surface area contributed by atoms with Crippen molar-refractivity contribution in [3.8, 4) is 5.13 Å². The first-order valence-corrected chi connectivity index (χ1v) is 7.10. The third kappa shape index (κ3) is 3.82. The number of nitrogens with zero attached hydrogens (tertiary/aromatic N) is 4. The summed E-state index contributed by atoms with van der Waals surface area (Å²) in [5.41, 5.74) is 1.06. The van der Waals surface area contributed by atoms with Gasteiger partial charge in [0, 0.05) is 26.4 Å². The second-order valence-electron chi connectivity index (χ2n) is 4.49. The molecule has 0 fully saturated rings. The van der Waals surface area contributed by atoms with E-state index in [4.69, 9.17) is 4.74 Å². The predicted molar refractivity (Wildman–Crippen MR) is 74.7 cm³/mol. The number of nitrogens with one attached hydrogen (secondary N) is 1. The fourth-order valence-electron chi connectivity index (χ4n) is 1.53. The summed E-state index contributed by atoms with van der Waals surface area (Å²) in [5.74, 6) is 0.421. The quantitative estimate of drug-likeness (QED) is 0.781. The van der Waals surface area contributed by atoms with Crippen LogP contribution in [0.5, 0.6) is 0 Å². The molecule has 2 heterocycles. The van der Waals surface area contributed by atoms with Crippen LogP contribution in [0.15, 0.2) is 12.3 Å². The van der Waals surface area contributed by atoms with Crippen molar-refractivity contribution in [3.05, 3.63) is 23.0 Å². The van der Waals surface area contributed by atoms with E-state index in [0.29, 0.717) is 19.1 Å². The molecule has 0 aliphatic rings. The molecule has 0 radical (unpaired) electrons. The Morgan fingerprint density at radius 2 is 2.26 bits per heavy atom. The van der Waals surface area contributed by atoms with Gasteiger partial charge in [-0.1, -0.05) is 25.2 Å². The molecular weight excluding hydrogens is 262 g/mol. The molecule has 0 atom stereocenters. The van der Waals surface area contributed by atoms with E-state index in [1.807, 2.05) is 12.3 Å². The normalized spacial score (nSPS) is 11.4. The number of methoxy groups -OCH3 is 1. The lowest BCUT2D eigenvalue weighted by molar-refractivity contribution is 0.199. The Balaban J connectivity index is 1.95.